The summed E-state index contributed by atoms with van der Waals surface area (Å²) >= 11 is 5.88. The molecule has 2 aromatic carbocycles. The van der Waals surface area contributed by atoms with Gasteiger partial charge in [0.25, 0.3) is 5.69 Å². The van der Waals surface area contributed by atoms with Crippen LogP contribution in [-0.2, 0) is 19.7 Å². The van der Waals surface area contributed by atoms with Crippen LogP contribution in [0.25, 0.3) is 0 Å². The Hall–Kier alpha value is -1.95. The average Bonchev–Trinajstić information content (AvgIpc) is 2.48. The third-order valence-corrected chi connectivity index (χ3v) is 3.32. The molecule has 0 aromatic heterocycles. The quantitative estimate of drug-likeness (QED) is 0.635. The summed E-state index contributed by atoms with van der Waals surface area (Å²) in [6.45, 7) is 0.955. The van der Waals surface area contributed by atoms with Gasteiger partial charge in [0.2, 0.25) is 0 Å². The van der Waals surface area contributed by atoms with Crippen LogP contribution in [0.2, 0.25) is 5.02 Å². The van der Waals surface area contributed by atoms with Gasteiger partial charge in [-0.25, -0.2) is 0 Å². The Kier molecular flexibility index (Phi) is 5.27. The molecule has 0 amide bonds. The van der Waals surface area contributed by atoms with E-state index in [1.165, 1.54) is 12.1 Å². The van der Waals surface area contributed by atoms with E-state index < -0.39 is 4.92 Å². The van der Waals surface area contributed by atoms with Crippen molar-refractivity contribution in [3.63, 3.8) is 0 Å². The minimum Gasteiger partial charge on any atom is -0.392 e. The molecule has 21 heavy (non-hydrogen) atoms. The molecule has 2 aromatic rings. The van der Waals surface area contributed by atoms with E-state index in [0.29, 0.717) is 23.7 Å². The second-order valence-corrected chi connectivity index (χ2v) is 5.04. The van der Waals surface area contributed by atoms with Crippen molar-refractivity contribution in [1.29, 1.82) is 0 Å². The fourth-order valence-electron chi connectivity index (χ4n) is 1.98. The first-order valence-electron chi connectivity index (χ1n) is 6.42. The van der Waals surface area contributed by atoms with Crippen LogP contribution in [0.1, 0.15) is 16.7 Å². The van der Waals surface area contributed by atoms with Gasteiger partial charge in [-0.2, -0.15) is 0 Å². The molecule has 0 aliphatic rings. The lowest BCUT2D eigenvalue weighted by molar-refractivity contribution is -0.385. The molecular formula is C15H15ClN2O3. The number of nitrogens with zero attached hydrogens (tertiary/aromatic N) is 1. The Labute approximate surface area is 127 Å². The molecule has 0 aliphatic carbocycles. The number of halogens is 1. The van der Waals surface area contributed by atoms with E-state index in [4.69, 9.17) is 16.7 Å². The van der Waals surface area contributed by atoms with Crippen molar-refractivity contribution in [2.24, 2.45) is 0 Å². The SMILES string of the molecule is O=[N+]([O-])c1ccc(Cl)cc1CNCc1ccc(CO)cc1. The van der Waals surface area contributed by atoms with Gasteiger partial charge in [0.1, 0.15) is 0 Å². The van der Waals surface area contributed by atoms with Gasteiger partial charge in [-0.3, -0.25) is 10.1 Å². The van der Waals surface area contributed by atoms with Crippen LogP contribution in [-0.4, -0.2) is 10.0 Å². The number of aliphatic hydroxyl groups is 1. The minimum atomic E-state index is -0.413. The van der Waals surface area contributed by atoms with E-state index in [1.54, 1.807) is 6.07 Å². The van der Waals surface area contributed by atoms with Crippen molar-refractivity contribution >= 4 is 17.3 Å². The lowest BCUT2D eigenvalue weighted by atomic mass is 10.1. The molecule has 2 rings (SSSR count). The van der Waals surface area contributed by atoms with Crippen molar-refractivity contribution in [1.82, 2.24) is 5.32 Å². The van der Waals surface area contributed by atoms with Crippen LogP contribution in [0.15, 0.2) is 42.5 Å². The Morgan fingerprint density at radius 2 is 1.76 bits per heavy atom. The van der Waals surface area contributed by atoms with E-state index in [-0.39, 0.29) is 12.3 Å². The number of nitrogens with one attached hydrogen (secondary N) is 1. The maximum atomic E-state index is 10.9. The number of hydrogen-bond acceptors (Lipinski definition) is 4. The summed E-state index contributed by atoms with van der Waals surface area (Å²) in [5.74, 6) is 0. The van der Waals surface area contributed by atoms with E-state index in [2.05, 4.69) is 5.32 Å². The molecule has 0 unspecified atom stereocenters. The molecule has 0 saturated heterocycles. The number of aliphatic hydroxyl groups excluding tert-OH is 1. The predicted octanol–water partition coefficient (Wildman–Crippen LogP) is 3.03. The molecule has 2 N–H and O–H groups in total. The lowest BCUT2D eigenvalue weighted by Crippen LogP contribution is -2.13. The predicted molar refractivity (Wildman–Crippen MR) is 81.0 cm³/mol. The topological polar surface area (TPSA) is 75.4 Å². The largest absolute Gasteiger partial charge is 0.392 e. The molecule has 0 aliphatic heterocycles. The molecule has 0 bridgehead atoms. The number of rotatable bonds is 6. The smallest absolute Gasteiger partial charge is 0.273 e. The zero-order chi connectivity index (χ0) is 15.2. The van der Waals surface area contributed by atoms with E-state index >= 15 is 0 Å². The van der Waals surface area contributed by atoms with E-state index in [0.717, 1.165) is 11.1 Å². The molecule has 0 saturated carbocycles. The number of nitro groups is 1. The van der Waals surface area contributed by atoms with Crippen molar-refractivity contribution < 1.29 is 10.0 Å². The van der Waals surface area contributed by atoms with Crippen LogP contribution >= 0.6 is 11.6 Å². The van der Waals surface area contributed by atoms with Crippen molar-refractivity contribution in [3.05, 3.63) is 74.3 Å². The third-order valence-electron chi connectivity index (χ3n) is 3.09. The molecule has 0 heterocycles. The van der Waals surface area contributed by atoms with Crippen LogP contribution in [0, 0.1) is 10.1 Å². The third kappa shape index (κ3) is 4.26. The van der Waals surface area contributed by atoms with Gasteiger partial charge < -0.3 is 10.4 Å². The normalized spacial score (nSPS) is 10.6. The maximum Gasteiger partial charge on any atom is 0.273 e. The van der Waals surface area contributed by atoms with Crippen molar-refractivity contribution in [2.75, 3.05) is 0 Å². The standard InChI is InChI=1S/C15H15ClN2O3/c16-14-5-6-15(18(20)21)13(7-14)9-17-8-11-1-3-12(10-19)4-2-11/h1-7,17,19H,8-10H2. The van der Waals surface area contributed by atoms with Gasteiger partial charge in [0.05, 0.1) is 11.5 Å². The highest BCUT2D eigenvalue weighted by Crippen LogP contribution is 2.22. The minimum absolute atomic E-state index is 0.0163. The average molecular weight is 307 g/mol. The summed E-state index contributed by atoms with van der Waals surface area (Å²) in [5.41, 5.74) is 2.50. The Morgan fingerprint density at radius 1 is 1.10 bits per heavy atom. The van der Waals surface area contributed by atoms with Gasteiger partial charge in [0.15, 0.2) is 0 Å². The Bertz CT molecular complexity index is 629. The number of benzene rings is 2. The van der Waals surface area contributed by atoms with E-state index in [9.17, 15) is 10.1 Å². The first-order valence-corrected chi connectivity index (χ1v) is 6.80. The second kappa shape index (κ2) is 7.17. The van der Waals surface area contributed by atoms with Crippen LogP contribution in [0.3, 0.4) is 0 Å². The molecule has 0 radical (unpaired) electrons. The number of nitro benzene ring substituents is 1. The summed E-state index contributed by atoms with van der Waals surface area (Å²) in [6.07, 6.45) is 0. The summed E-state index contributed by atoms with van der Waals surface area (Å²) < 4.78 is 0. The highest BCUT2D eigenvalue weighted by molar-refractivity contribution is 6.30. The van der Waals surface area contributed by atoms with Crippen LogP contribution in [0.4, 0.5) is 5.69 Å². The molecule has 0 spiro atoms. The summed E-state index contributed by atoms with van der Waals surface area (Å²) in [4.78, 5) is 10.5. The lowest BCUT2D eigenvalue weighted by Gasteiger charge is -2.07. The van der Waals surface area contributed by atoms with Crippen LogP contribution in [0.5, 0.6) is 0 Å². The fourth-order valence-corrected chi connectivity index (χ4v) is 2.17. The second-order valence-electron chi connectivity index (χ2n) is 4.61. The van der Waals surface area contributed by atoms with Gasteiger partial charge in [-0.1, -0.05) is 35.9 Å². The molecule has 0 atom stereocenters. The van der Waals surface area contributed by atoms with Crippen molar-refractivity contribution in [3.8, 4) is 0 Å². The Balaban J connectivity index is 1.99. The molecular weight excluding hydrogens is 292 g/mol. The summed E-state index contributed by atoms with van der Waals surface area (Å²) in [7, 11) is 0. The summed E-state index contributed by atoms with van der Waals surface area (Å²) in [5, 5.41) is 23.5. The highest BCUT2D eigenvalue weighted by atomic mass is 35.5. The van der Waals surface area contributed by atoms with Gasteiger partial charge in [0, 0.05) is 29.7 Å². The van der Waals surface area contributed by atoms with Crippen molar-refractivity contribution in [2.45, 2.75) is 19.7 Å². The van der Waals surface area contributed by atoms with E-state index in [1.807, 2.05) is 24.3 Å². The van der Waals surface area contributed by atoms with Gasteiger partial charge in [-0.05, 0) is 23.3 Å². The zero-order valence-corrected chi connectivity index (χ0v) is 12.0. The van der Waals surface area contributed by atoms with Crippen LogP contribution < -0.4 is 5.32 Å². The fraction of sp³-hybridized carbons (Fsp3) is 0.200. The molecule has 5 nitrogen and oxygen atoms in total. The van der Waals surface area contributed by atoms with Gasteiger partial charge >= 0.3 is 0 Å². The highest BCUT2D eigenvalue weighted by Gasteiger charge is 2.13. The Morgan fingerprint density at radius 3 is 2.38 bits per heavy atom. The molecule has 0 fully saturated rings. The maximum absolute atomic E-state index is 10.9. The first-order chi connectivity index (χ1) is 10.1. The monoisotopic (exact) mass is 306 g/mol. The first kappa shape index (κ1) is 15.4. The number of hydrogen-bond donors (Lipinski definition) is 2. The summed E-state index contributed by atoms with van der Waals surface area (Å²) in [6, 6.07) is 12.0. The molecule has 110 valence electrons. The molecule has 6 heteroatoms. The zero-order valence-electron chi connectivity index (χ0n) is 11.3. The van der Waals surface area contributed by atoms with Gasteiger partial charge in [-0.15, -0.1) is 0 Å².